The zero-order valence-corrected chi connectivity index (χ0v) is 18.7. The fraction of sp³-hybridized carbons (Fsp3) is 0.160. The molecule has 1 amide bonds. The third kappa shape index (κ3) is 4.15. The number of para-hydroxylation sites is 1. The lowest BCUT2D eigenvalue weighted by atomic mass is 10.0. The van der Waals surface area contributed by atoms with Crippen molar-refractivity contribution in [2.75, 3.05) is 20.3 Å². The van der Waals surface area contributed by atoms with Crippen LogP contribution in [0.25, 0.3) is 16.9 Å². The molecule has 0 radical (unpaired) electrons. The third-order valence-electron chi connectivity index (χ3n) is 5.52. The van der Waals surface area contributed by atoms with Crippen LogP contribution < -0.4 is 9.47 Å². The van der Waals surface area contributed by atoms with E-state index in [2.05, 4.69) is 10.1 Å². The Labute approximate surface area is 196 Å². The largest absolute Gasteiger partial charge is 0.493 e. The number of carbonyl (C=O) groups excluding carboxylic acids is 1. The number of ether oxygens (including phenoxy) is 2. The summed E-state index contributed by atoms with van der Waals surface area (Å²) in [6, 6.07) is 16.8. The van der Waals surface area contributed by atoms with Gasteiger partial charge in [-0.3, -0.25) is 9.78 Å². The minimum Gasteiger partial charge on any atom is -0.493 e. The average Bonchev–Trinajstić information content (AvgIpc) is 3.30. The molecule has 5 rings (SSSR count). The molecule has 0 spiro atoms. The summed E-state index contributed by atoms with van der Waals surface area (Å²) in [6.45, 7) is 1.18. The van der Waals surface area contributed by atoms with Crippen LogP contribution in [0.3, 0.4) is 0 Å². The molecule has 166 valence electrons. The Morgan fingerprint density at radius 2 is 2.03 bits per heavy atom. The molecule has 33 heavy (non-hydrogen) atoms. The Bertz CT molecular complexity index is 1290. The summed E-state index contributed by atoms with van der Waals surface area (Å²) in [4.78, 5) is 19.8. The molecule has 8 heteroatoms. The average molecular weight is 461 g/mol. The van der Waals surface area contributed by atoms with E-state index in [0.717, 1.165) is 22.5 Å². The quantitative estimate of drug-likeness (QED) is 0.444. The van der Waals surface area contributed by atoms with Gasteiger partial charge in [0.05, 0.1) is 35.6 Å². The van der Waals surface area contributed by atoms with E-state index < -0.39 is 0 Å². The summed E-state index contributed by atoms with van der Waals surface area (Å²) in [5, 5.41) is 4.86. The van der Waals surface area contributed by atoms with E-state index in [9.17, 15) is 4.79 Å². The number of hydrogen-bond acceptors (Lipinski definition) is 5. The summed E-state index contributed by atoms with van der Waals surface area (Å²) >= 11 is 6.00. The summed E-state index contributed by atoms with van der Waals surface area (Å²) in [7, 11) is 1.60. The smallest absolute Gasteiger partial charge is 0.256 e. The van der Waals surface area contributed by atoms with Crippen LogP contribution in [0.1, 0.15) is 15.9 Å². The Hall–Kier alpha value is -3.84. The number of pyridine rings is 1. The first-order valence-corrected chi connectivity index (χ1v) is 10.9. The fourth-order valence-electron chi connectivity index (χ4n) is 3.94. The molecule has 7 nitrogen and oxygen atoms in total. The molecule has 3 heterocycles. The molecule has 0 saturated heterocycles. The van der Waals surface area contributed by atoms with Crippen LogP contribution in [0.4, 0.5) is 0 Å². The molecule has 0 saturated carbocycles. The van der Waals surface area contributed by atoms with Crippen molar-refractivity contribution in [1.82, 2.24) is 19.7 Å². The highest BCUT2D eigenvalue weighted by atomic mass is 35.5. The fourth-order valence-corrected chi connectivity index (χ4v) is 4.05. The first kappa shape index (κ1) is 21.0. The number of fused-ring (bicyclic) bond motifs is 1. The minimum atomic E-state index is -0.0912. The maximum absolute atomic E-state index is 13.6. The number of rotatable bonds is 4. The van der Waals surface area contributed by atoms with Crippen molar-refractivity contribution in [3.05, 3.63) is 89.3 Å². The van der Waals surface area contributed by atoms with Gasteiger partial charge in [0, 0.05) is 36.3 Å². The van der Waals surface area contributed by atoms with Gasteiger partial charge >= 0.3 is 0 Å². The highest BCUT2D eigenvalue weighted by molar-refractivity contribution is 6.30. The molecule has 0 unspecified atom stereocenters. The summed E-state index contributed by atoms with van der Waals surface area (Å²) in [6.07, 6.45) is 5.12. The predicted octanol–water partition coefficient (Wildman–Crippen LogP) is 4.63. The molecule has 4 aromatic rings. The number of carbonyl (C=O) groups is 1. The van der Waals surface area contributed by atoms with Crippen molar-refractivity contribution in [3.8, 4) is 28.4 Å². The van der Waals surface area contributed by atoms with Crippen LogP contribution in [0, 0.1) is 0 Å². The molecule has 0 bridgehead atoms. The van der Waals surface area contributed by atoms with Crippen LogP contribution in [0.2, 0.25) is 5.02 Å². The molecule has 1 aliphatic heterocycles. The van der Waals surface area contributed by atoms with Crippen LogP contribution in [-0.2, 0) is 6.54 Å². The van der Waals surface area contributed by atoms with E-state index in [4.69, 9.17) is 21.1 Å². The highest BCUT2D eigenvalue weighted by Gasteiger charge is 2.26. The van der Waals surface area contributed by atoms with Gasteiger partial charge in [-0.15, -0.1) is 0 Å². The van der Waals surface area contributed by atoms with Gasteiger partial charge in [-0.1, -0.05) is 23.7 Å². The third-order valence-corrected chi connectivity index (χ3v) is 5.74. The van der Waals surface area contributed by atoms with Gasteiger partial charge in [0.2, 0.25) is 0 Å². The Morgan fingerprint density at radius 1 is 1.15 bits per heavy atom. The van der Waals surface area contributed by atoms with Crippen LogP contribution in [0.15, 0.2) is 73.2 Å². The minimum absolute atomic E-state index is 0.0912. The maximum Gasteiger partial charge on any atom is 0.256 e. The van der Waals surface area contributed by atoms with Gasteiger partial charge in [-0.2, -0.15) is 5.10 Å². The number of aromatic nitrogens is 3. The molecular formula is C25H21ClN4O3. The predicted molar refractivity (Wildman–Crippen MR) is 125 cm³/mol. The SMILES string of the molecule is COc1cc(-c2ccc(Cl)cn2)cc2c1OCCN(C(=O)c1ccccc1-n1cccn1)C2. The Kier molecular flexibility index (Phi) is 5.71. The van der Waals surface area contributed by atoms with Gasteiger partial charge in [-0.05, 0) is 42.5 Å². The standard InChI is InChI=1S/C25H21ClN4O3/c1-32-23-14-17(21-8-7-19(26)15-27-21)13-18-16-29(11-12-33-24(18)23)25(31)20-5-2-3-6-22(20)30-10-4-9-28-30/h2-10,13-15H,11-12,16H2,1H3. The topological polar surface area (TPSA) is 69.5 Å². The van der Waals surface area contributed by atoms with Crippen molar-refractivity contribution in [3.63, 3.8) is 0 Å². The molecule has 2 aromatic heterocycles. The molecule has 0 N–H and O–H groups in total. The Balaban J connectivity index is 1.52. The van der Waals surface area contributed by atoms with E-state index in [1.54, 1.807) is 35.2 Å². The zero-order valence-electron chi connectivity index (χ0n) is 17.9. The second kappa shape index (κ2) is 8.96. The van der Waals surface area contributed by atoms with Crippen molar-refractivity contribution in [1.29, 1.82) is 0 Å². The molecular weight excluding hydrogens is 440 g/mol. The lowest BCUT2D eigenvalue weighted by molar-refractivity contribution is 0.0733. The Morgan fingerprint density at radius 3 is 2.79 bits per heavy atom. The normalized spacial score (nSPS) is 13.1. The number of nitrogens with zero attached hydrogens (tertiary/aromatic N) is 4. The van der Waals surface area contributed by atoms with Crippen molar-refractivity contribution >= 4 is 17.5 Å². The van der Waals surface area contributed by atoms with E-state index in [1.165, 1.54) is 0 Å². The van der Waals surface area contributed by atoms with E-state index >= 15 is 0 Å². The molecule has 0 aliphatic carbocycles. The van der Waals surface area contributed by atoms with Gasteiger partial charge in [0.15, 0.2) is 11.5 Å². The number of benzene rings is 2. The van der Waals surface area contributed by atoms with E-state index in [1.807, 2.05) is 54.7 Å². The number of amides is 1. The van der Waals surface area contributed by atoms with Crippen LogP contribution in [0.5, 0.6) is 11.5 Å². The van der Waals surface area contributed by atoms with Gasteiger partial charge < -0.3 is 14.4 Å². The maximum atomic E-state index is 13.6. The zero-order chi connectivity index (χ0) is 22.8. The van der Waals surface area contributed by atoms with Gasteiger partial charge in [0.25, 0.3) is 5.91 Å². The van der Waals surface area contributed by atoms with Crippen molar-refractivity contribution in [2.24, 2.45) is 0 Å². The summed E-state index contributed by atoms with van der Waals surface area (Å²) in [5.74, 6) is 1.16. The van der Waals surface area contributed by atoms with Gasteiger partial charge in [-0.25, -0.2) is 4.68 Å². The van der Waals surface area contributed by atoms with Crippen molar-refractivity contribution in [2.45, 2.75) is 6.54 Å². The van der Waals surface area contributed by atoms with Crippen LogP contribution in [-0.4, -0.2) is 45.8 Å². The number of methoxy groups -OCH3 is 1. The second-order valence-corrected chi connectivity index (χ2v) is 8.01. The summed E-state index contributed by atoms with van der Waals surface area (Å²) < 4.78 is 13.3. The first-order chi connectivity index (χ1) is 16.1. The highest BCUT2D eigenvalue weighted by Crippen LogP contribution is 2.38. The molecule has 0 atom stereocenters. The first-order valence-electron chi connectivity index (χ1n) is 10.5. The lowest BCUT2D eigenvalue weighted by Gasteiger charge is -2.21. The van der Waals surface area contributed by atoms with Crippen molar-refractivity contribution < 1.29 is 14.3 Å². The lowest BCUT2D eigenvalue weighted by Crippen LogP contribution is -2.33. The number of halogens is 1. The number of hydrogen-bond donors (Lipinski definition) is 0. The molecule has 0 fully saturated rings. The molecule has 1 aliphatic rings. The van der Waals surface area contributed by atoms with Crippen LogP contribution >= 0.6 is 11.6 Å². The second-order valence-electron chi connectivity index (χ2n) is 7.57. The van der Waals surface area contributed by atoms with E-state index in [-0.39, 0.29) is 5.91 Å². The molecule has 2 aromatic carbocycles. The monoisotopic (exact) mass is 460 g/mol. The summed E-state index contributed by atoms with van der Waals surface area (Å²) in [5.41, 5.74) is 3.77. The van der Waals surface area contributed by atoms with E-state index in [0.29, 0.717) is 41.8 Å². The van der Waals surface area contributed by atoms with Gasteiger partial charge in [0.1, 0.15) is 6.61 Å².